The first kappa shape index (κ1) is 19.2. The zero-order valence-electron chi connectivity index (χ0n) is 17.0. The Morgan fingerprint density at radius 3 is 2.58 bits per heavy atom. The van der Waals surface area contributed by atoms with Gasteiger partial charge in [-0.05, 0) is 34.9 Å². The number of amides is 1. The number of carbonyl (C=O) groups excluding carboxylic acids is 1. The first-order valence-electron chi connectivity index (χ1n) is 10.3. The van der Waals surface area contributed by atoms with E-state index in [1.807, 2.05) is 30.3 Å². The Balaban J connectivity index is 1.26. The lowest BCUT2D eigenvalue weighted by Crippen LogP contribution is -2.29. The Kier molecular flexibility index (Phi) is 5.06. The molecule has 0 aliphatic carbocycles. The molecule has 0 bridgehead atoms. The smallest absolute Gasteiger partial charge is 0.275 e. The number of hydrogen-bond acceptors (Lipinski definition) is 4. The Morgan fingerprint density at radius 2 is 1.71 bits per heavy atom. The van der Waals surface area contributed by atoms with E-state index in [0.29, 0.717) is 5.39 Å². The molecule has 0 unspecified atom stereocenters. The van der Waals surface area contributed by atoms with Crippen LogP contribution in [0, 0.1) is 0 Å². The number of nitrogens with one attached hydrogen (secondary N) is 1. The Bertz CT molecular complexity index is 1310. The fraction of sp³-hybridized carbons (Fsp3) is 0.160. The van der Waals surface area contributed by atoms with Gasteiger partial charge in [-0.15, -0.1) is 0 Å². The fourth-order valence-corrected chi connectivity index (χ4v) is 4.07. The zero-order valence-corrected chi connectivity index (χ0v) is 17.0. The summed E-state index contributed by atoms with van der Waals surface area (Å²) in [5, 5.41) is 8.36. The van der Waals surface area contributed by atoms with Crippen LogP contribution in [0.2, 0.25) is 0 Å². The Labute approximate surface area is 179 Å². The van der Waals surface area contributed by atoms with Crippen LogP contribution in [0.3, 0.4) is 0 Å². The van der Waals surface area contributed by atoms with Crippen molar-refractivity contribution >= 4 is 22.4 Å². The van der Waals surface area contributed by atoms with Crippen molar-refractivity contribution in [3.8, 4) is 0 Å². The molecule has 0 spiro atoms. The monoisotopic (exact) mass is 410 g/mol. The number of hydrogen-bond donors (Lipinski definition) is 1. The van der Waals surface area contributed by atoms with E-state index in [4.69, 9.17) is 0 Å². The normalized spacial score (nSPS) is 13.3. The Morgan fingerprint density at radius 1 is 0.935 bits per heavy atom. The molecule has 1 amide bonds. The third kappa shape index (κ3) is 4.11. The summed E-state index contributed by atoms with van der Waals surface area (Å²) in [6.07, 6.45) is 1.61. The number of anilines is 1. The van der Waals surface area contributed by atoms with Gasteiger partial charge in [-0.3, -0.25) is 14.5 Å². The molecule has 1 aromatic heterocycles. The lowest BCUT2D eigenvalue weighted by molar-refractivity contribution is -0.117. The van der Waals surface area contributed by atoms with E-state index < -0.39 is 0 Å². The molecule has 0 atom stereocenters. The summed E-state index contributed by atoms with van der Waals surface area (Å²) in [4.78, 5) is 27.5. The summed E-state index contributed by atoms with van der Waals surface area (Å²) in [5.41, 5.74) is 4.26. The van der Waals surface area contributed by atoms with Crippen LogP contribution in [0.1, 0.15) is 16.7 Å². The van der Waals surface area contributed by atoms with E-state index in [1.54, 1.807) is 18.3 Å². The predicted octanol–water partition coefficient (Wildman–Crippen LogP) is 3.55. The van der Waals surface area contributed by atoms with Crippen LogP contribution >= 0.6 is 0 Å². The predicted molar refractivity (Wildman–Crippen MR) is 120 cm³/mol. The van der Waals surface area contributed by atoms with E-state index in [9.17, 15) is 9.59 Å². The molecule has 31 heavy (non-hydrogen) atoms. The van der Waals surface area contributed by atoms with Crippen molar-refractivity contribution < 1.29 is 4.79 Å². The molecule has 1 aliphatic heterocycles. The number of aromatic nitrogens is 2. The highest BCUT2D eigenvalue weighted by Gasteiger charge is 2.19. The lowest BCUT2D eigenvalue weighted by Gasteiger charge is -2.14. The highest BCUT2D eigenvalue weighted by molar-refractivity contribution is 5.91. The number of carbonyl (C=O) groups is 1. The topological polar surface area (TPSA) is 67.2 Å². The second-order valence-electron chi connectivity index (χ2n) is 7.86. The quantitative estimate of drug-likeness (QED) is 0.546. The van der Waals surface area contributed by atoms with Gasteiger partial charge in [0, 0.05) is 30.7 Å². The number of benzene rings is 3. The summed E-state index contributed by atoms with van der Waals surface area (Å²) >= 11 is 0. The van der Waals surface area contributed by atoms with Crippen LogP contribution in [-0.4, -0.2) is 20.6 Å². The van der Waals surface area contributed by atoms with E-state index >= 15 is 0 Å². The molecule has 3 aromatic carbocycles. The highest BCUT2D eigenvalue weighted by Crippen LogP contribution is 2.27. The molecule has 6 nitrogen and oxygen atoms in total. The average Bonchev–Trinajstić information content (AvgIpc) is 3.18. The Hall–Kier alpha value is -3.77. The summed E-state index contributed by atoms with van der Waals surface area (Å²) in [6, 6.07) is 23.7. The molecule has 0 saturated heterocycles. The van der Waals surface area contributed by atoms with Crippen LogP contribution in [0.15, 0.2) is 83.8 Å². The summed E-state index contributed by atoms with van der Waals surface area (Å²) in [5.74, 6) is -0.274. The second-order valence-corrected chi connectivity index (χ2v) is 7.86. The number of fused-ring (bicyclic) bond motifs is 2. The molecule has 0 fully saturated rings. The summed E-state index contributed by atoms with van der Waals surface area (Å²) in [6.45, 7) is 2.52. The van der Waals surface area contributed by atoms with E-state index in [0.717, 1.165) is 30.7 Å². The number of rotatable bonds is 5. The molecule has 0 radical (unpaired) electrons. The van der Waals surface area contributed by atoms with E-state index in [-0.39, 0.29) is 18.0 Å². The van der Waals surface area contributed by atoms with Crippen molar-refractivity contribution in [3.63, 3.8) is 0 Å². The minimum absolute atomic E-state index is 0.124. The van der Waals surface area contributed by atoms with Crippen molar-refractivity contribution in [2.45, 2.75) is 26.2 Å². The molecular formula is C25H22N4O2. The molecule has 5 rings (SSSR count). The first-order valence-corrected chi connectivity index (χ1v) is 10.3. The molecule has 0 saturated carbocycles. The van der Waals surface area contributed by atoms with Crippen LogP contribution in [-0.2, 0) is 31.0 Å². The van der Waals surface area contributed by atoms with Gasteiger partial charge in [0.2, 0.25) is 5.91 Å². The molecule has 6 heteroatoms. The van der Waals surface area contributed by atoms with Gasteiger partial charge < -0.3 is 5.32 Å². The first-order chi connectivity index (χ1) is 15.2. The minimum Gasteiger partial charge on any atom is -0.324 e. The standard InChI is InChI=1S/C25H22N4O2/c30-24(17-29-25(31)23-9-5-4-8-19(23)13-26-29)27-22-11-10-20-15-28(16-21(20)12-22)14-18-6-2-1-3-7-18/h1-13H,14-17H2,(H,27,30). The van der Waals surface area contributed by atoms with E-state index in [1.165, 1.54) is 21.4 Å². The van der Waals surface area contributed by atoms with Crippen molar-refractivity contribution in [2.75, 3.05) is 5.32 Å². The van der Waals surface area contributed by atoms with Gasteiger partial charge in [-0.1, -0.05) is 54.6 Å². The van der Waals surface area contributed by atoms with Gasteiger partial charge in [-0.2, -0.15) is 5.10 Å². The van der Waals surface area contributed by atoms with Gasteiger partial charge in [0.1, 0.15) is 6.54 Å². The summed E-state index contributed by atoms with van der Waals surface area (Å²) < 4.78 is 1.20. The SMILES string of the molecule is O=C(Cn1ncc2ccccc2c1=O)Nc1ccc2c(c1)CN(Cc1ccccc1)C2. The average molecular weight is 410 g/mol. The van der Waals surface area contributed by atoms with Crippen molar-refractivity contribution in [1.29, 1.82) is 0 Å². The fourth-order valence-electron chi connectivity index (χ4n) is 4.07. The van der Waals surface area contributed by atoms with Crippen molar-refractivity contribution in [3.05, 3.63) is 106 Å². The van der Waals surface area contributed by atoms with Crippen LogP contribution in [0.4, 0.5) is 5.69 Å². The van der Waals surface area contributed by atoms with Crippen molar-refractivity contribution in [1.82, 2.24) is 14.7 Å². The van der Waals surface area contributed by atoms with Gasteiger partial charge >= 0.3 is 0 Å². The molecule has 1 N–H and O–H groups in total. The minimum atomic E-state index is -0.274. The van der Waals surface area contributed by atoms with Crippen LogP contribution in [0.25, 0.3) is 10.8 Å². The van der Waals surface area contributed by atoms with Crippen molar-refractivity contribution in [2.24, 2.45) is 0 Å². The molecular weight excluding hydrogens is 388 g/mol. The maximum Gasteiger partial charge on any atom is 0.275 e. The third-order valence-corrected chi connectivity index (χ3v) is 5.58. The highest BCUT2D eigenvalue weighted by atomic mass is 16.2. The maximum absolute atomic E-state index is 12.6. The molecule has 1 aliphatic rings. The van der Waals surface area contributed by atoms with Crippen LogP contribution < -0.4 is 10.9 Å². The molecule has 4 aromatic rings. The summed E-state index contributed by atoms with van der Waals surface area (Å²) in [7, 11) is 0. The maximum atomic E-state index is 12.6. The van der Waals surface area contributed by atoms with Gasteiger partial charge in [0.05, 0.1) is 11.6 Å². The van der Waals surface area contributed by atoms with Gasteiger partial charge in [0.15, 0.2) is 0 Å². The zero-order chi connectivity index (χ0) is 21.2. The number of nitrogens with zero attached hydrogens (tertiary/aromatic N) is 3. The van der Waals surface area contributed by atoms with Crippen LogP contribution in [0.5, 0.6) is 0 Å². The molecule has 2 heterocycles. The van der Waals surface area contributed by atoms with Gasteiger partial charge in [-0.25, -0.2) is 4.68 Å². The second kappa shape index (κ2) is 8.16. The van der Waals surface area contributed by atoms with E-state index in [2.05, 4.69) is 45.6 Å². The molecule has 154 valence electrons. The third-order valence-electron chi connectivity index (χ3n) is 5.58. The lowest BCUT2D eigenvalue weighted by atomic mass is 10.1. The van der Waals surface area contributed by atoms with Gasteiger partial charge in [0.25, 0.3) is 5.56 Å². The largest absolute Gasteiger partial charge is 0.324 e.